The summed E-state index contributed by atoms with van der Waals surface area (Å²) in [6, 6.07) is 3.91. The fourth-order valence-corrected chi connectivity index (χ4v) is 2.21. The molecule has 1 N–H and O–H groups in total. The van der Waals surface area contributed by atoms with Gasteiger partial charge in [0.15, 0.2) is 0 Å². The number of nitrogens with zero attached hydrogens (tertiary/aromatic N) is 2. The number of aromatic nitrogens is 1. The van der Waals surface area contributed by atoms with E-state index in [1.807, 2.05) is 37.2 Å². The molecule has 1 fully saturated rings. The van der Waals surface area contributed by atoms with Gasteiger partial charge in [-0.05, 0) is 25.6 Å². The maximum Gasteiger partial charge on any atom is 0.310 e. The highest BCUT2D eigenvalue weighted by Gasteiger charge is 2.36. The van der Waals surface area contributed by atoms with Gasteiger partial charge in [-0.1, -0.05) is 6.07 Å². The highest BCUT2D eigenvalue weighted by atomic mass is 16.5. The molecule has 0 saturated carbocycles. The zero-order chi connectivity index (χ0) is 13.1. The largest absolute Gasteiger partial charge is 0.481 e. The van der Waals surface area contributed by atoms with Crippen molar-refractivity contribution in [2.45, 2.75) is 19.5 Å². The zero-order valence-corrected chi connectivity index (χ0v) is 10.7. The van der Waals surface area contributed by atoms with Gasteiger partial charge in [0.05, 0.1) is 19.1 Å². The van der Waals surface area contributed by atoms with Gasteiger partial charge in [0.1, 0.15) is 0 Å². The van der Waals surface area contributed by atoms with Gasteiger partial charge >= 0.3 is 5.97 Å². The van der Waals surface area contributed by atoms with Crippen molar-refractivity contribution in [3.05, 3.63) is 29.6 Å². The van der Waals surface area contributed by atoms with E-state index < -0.39 is 11.9 Å². The van der Waals surface area contributed by atoms with E-state index in [4.69, 9.17) is 9.84 Å². The Bertz CT molecular complexity index is 419. The highest BCUT2D eigenvalue weighted by molar-refractivity contribution is 5.71. The third-order valence-electron chi connectivity index (χ3n) is 3.34. The van der Waals surface area contributed by atoms with Crippen LogP contribution < -0.4 is 0 Å². The molecule has 1 aromatic heterocycles. The third kappa shape index (κ3) is 2.86. The smallest absolute Gasteiger partial charge is 0.310 e. The summed E-state index contributed by atoms with van der Waals surface area (Å²) < 4.78 is 5.27. The predicted octanol–water partition coefficient (Wildman–Crippen LogP) is 0.921. The average molecular weight is 250 g/mol. The quantitative estimate of drug-likeness (QED) is 0.861. The van der Waals surface area contributed by atoms with Crippen molar-refractivity contribution in [1.82, 2.24) is 9.88 Å². The third-order valence-corrected chi connectivity index (χ3v) is 3.34. The molecule has 0 amide bonds. The normalized spacial score (nSPS) is 23.5. The van der Waals surface area contributed by atoms with E-state index in [1.54, 1.807) is 0 Å². The second-order valence-corrected chi connectivity index (χ2v) is 4.77. The molecular formula is C13H18N2O3. The zero-order valence-electron chi connectivity index (χ0n) is 10.7. The molecule has 2 atom stereocenters. The van der Waals surface area contributed by atoms with Crippen molar-refractivity contribution in [3.63, 3.8) is 0 Å². The molecule has 0 aliphatic carbocycles. The predicted molar refractivity (Wildman–Crippen MR) is 66.2 cm³/mol. The summed E-state index contributed by atoms with van der Waals surface area (Å²) in [5, 5.41) is 9.12. The molecule has 18 heavy (non-hydrogen) atoms. The second-order valence-electron chi connectivity index (χ2n) is 4.77. The Labute approximate surface area is 106 Å². The van der Waals surface area contributed by atoms with Gasteiger partial charge in [-0.3, -0.25) is 14.7 Å². The summed E-state index contributed by atoms with van der Waals surface area (Å²) in [4.78, 5) is 17.4. The van der Waals surface area contributed by atoms with Crippen LogP contribution in [0.4, 0.5) is 0 Å². The maximum atomic E-state index is 11.1. The Morgan fingerprint density at radius 3 is 2.94 bits per heavy atom. The molecule has 2 heterocycles. The van der Waals surface area contributed by atoms with Crippen LogP contribution in [0.1, 0.15) is 11.3 Å². The lowest BCUT2D eigenvalue weighted by Gasteiger charge is -2.26. The van der Waals surface area contributed by atoms with E-state index in [-0.39, 0.29) is 6.04 Å². The molecule has 0 aromatic carbocycles. The van der Waals surface area contributed by atoms with Crippen LogP contribution in [0.15, 0.2) is 18.3 Å². The lowest BCUT2D eigenvalue weighted by atomic mass is 10.0. The molecular weight excluding hydrogens is 232 g/mol. The van der Waals surface area contributed by atoms with Gasteiger partial charge in [-0.25, -0.2) is 0 Å². The first-order valence-electron chi connectivity index (χ1n) is 6.00. The van der Waals surface area contributed by atoms with Crippen molar-refractivity contribution in [1.29, 1.82) is 0 Å². The Kier molecular flexibility index (Phi) is 3.93. The summed E-state index contributed by atoms with van der Waals surface area (Å²) in [5.41, 5.74) is 2.06. The van der Waals surface area contributed by atoms with E-state index >= 15 is 0 Å². The maximum absolute atomic E-state index is 11.1. The van der Waals surface area contributed by atoms with E-state index in [1.165, 1.54) is 0 Å². The Morgan fingerprint density at radius 1 is 1.56 bits per heavy atom. The number of hydrogen-bond acceptors (Lipinski definition) is 4. The monoisotopic (exact) mass is 250 g/mol. The second kappa shape index (κ2) is 5.46. The molecule has 0 bridgehead atoms. The number of pyridine rings is 1. The van der Waals surface area contributed by atoms with Crippen LogP contribution in [0.5, 0.6) is 0 Å². The summed E-state index contributed by atoms with van der Waals surface area (Å²) >= 11 is 0. The summed E-state index contributed by atoms with van der Waals surface area (Å²) in [6.07, 6.45) is 1.83. The number of likely N-dealkylation sites (N-methyl/N-ethyl adjacent to an activating group) is 1. The number of carboxylic acid groups (broad SMARTS) is 1. The van der Waals surface area contributed by atoms with Crippen LogP contribution in [0.3, 0.4) is 0 Å². The van der Waals surface area contributed by atoms with Gasteiger partial charge < -0.3 is 9.84 Å². The molecule has 1 aliphatic rings. The van der Waals surface area contributed by atoms with Crippen molar-refractivity contribution in [2.75, 3.05) is 20.3 Å². The average Bonchev–Trinajstić information content (AvgIpc) is 2.81. The van der Waals surface area contributed by atoms with Crippen molar-refractivity contribution in [2.24, 2.45) is 5.92 Å². The standard InChI is InChI=1S/C13H18N2O3/c1-9-3-4-10(5-14-9)6-15(2)12-8-18-7-11(12)13(16)17/h3-5,11-12H,6-8H2,1-2H3,(H,16,17). The summed E-state index contributed by atoms with van der Waals surface area (Å²) in [5.74, 6) is -1.22. The molecule has 5 nitrogen and oxygen atoms in total. The molecule has 98 valence electrons. The first kappa shape index (κ1) is 13.0. The highest BCUT2D eigenvalue weighted by Crippen LogP contribution is 2.20. The van der Waals surface area contributed by atoms with E-state index in [0.717, 1.165) is 11.3 Å². The number of aliphatic carboxylic acids is 1. The van der Waals surface area contributed by atoms with Gasteiger partial charge in [0.25, 0.3) is 0 Å². The van der Waals surface area contributed by atoms with E-state index in [9.17, 15) is 4.79 Å². The number of carbonyl (C=O) groups is 1. The van der Waals surface area contributed by atoms with Crippen LogP contribution >= 0.6 is 0 Å². The Balaban J connectivity index is 2.01. The molecule has 0 radical (unpaired) electrons. The topological polar surface area (TPSA) is 62.7 Å². The molecule has 1 aliphatic heterocycles. The van der Waals surface area contributed by atoms with Gasteiger partial charge in [0.2, 0.25) is 0 Å². The summed E-state index contributed by atoms with van der Waals surface area (Å²) in [6.45, 7) is 3.41. The first-order valence-corrected chi connectivity index (χ1v) is 6.00. The molecule has 1 aromatic rings. The molecule has 1 saturated heterocycles. The van der Waals surface area contributed by atoms with E-state index in [0.29, 0.717) is 19.8 Å². The van der Waals surface area contributed by atoms with Crippen LogP contribution in [0.25, 0.3) is 0 Å². The lowest BCUT2D eigenvalue weighted by molar-refractivity contribution is -0.143. The number of carboxylic acids is 1. The number of rotatable bonds is 4. The van der Waals surface area contributed by atoms with Crippen LogP contribution in [0, 0.1) is 12.8 Å². The van der Waals surface area contributed by atoms with E-state index in [2.05, 4.69) is 4.98 Å². The van der Waals surface area contributed by atoms with Gasteiger partial charge in [-0.15, -0.1) is 0 Å². The molecule has 2 unspecified atom stereocenters. The number of hydrogen-bond donors (Lipinski definition) is 1. The first-order chi connectivity index (χ1) is 8.58. The summed E-state index contributed by atoms with van der Waals surface area (Å²) in [7, 11) is 1.93. The SMILES string of the molecule is Cc1ccc(CN(C)C2COCC2C(=O)O)cn1. The van der Waals surface area contributed by atoms with Crippen molar-refractivity contribution in [3.8, 4) is 0 Å². The van der Waals surface area contributed by atoms with Crippen LogP contribution in [-0.2, 0) is 16.1 Å². The minimum Gasteiger partial charge on any atom is -0.481 e. The van der Waals surface area contributed by atoms with Gasteiger partial charge in [0, 0.05) is 24.5 Å². The Morgan fingerprint density at radius 2 is 2.33 bits per heavy atom. The lowest BCUT2D eigenvalue weighted by Crippen LogP contribution is -2.40. The van der Waals surface area contributed by atoms with Crippen LogP contribution in [0.2, 0.25) is 0 Å². The van der Waals surface area contributed by atoms with Crippen molar-refractivity contribution < 1.29 is 14.6 Å². The fourth-order valence-electron chi connectivity index (χ4n) is 2.21. The van der Waals surface area contributed by atoms with Gasteiger partial charge in [-0.2, -0.15) is 0 Å². The molecule has 2 rings (SSSR count). The Hall–Kier alpha value is -1.46. The minimum atomic E-state index is -0.786. The number of ether oxygens (including phenoxy) is 1. The number of aryl methyl sites for hydroxylation is 1. The molecule has 5 heteroatoms. The van der Waals surface area contributed by atoms with Crippen molar-refractivity contribution >= 4 is 5.97 Å². The van der Waals surface area contributed by atoms with Crippen LogP contribution in [-0.4, -0.2) is 47.3 Å². The molecule has 0 spiro atoms. The fraction of sp³-hybridized carbons (Fsp3) is 0.538. The minimum absolute atomic E-state index is 0.0659.